The molecule has 0 amide bonds. The fourth-order valence-corrected chi connectivity index (χ4v) is 0.738. The average molecular weight is 137 g/mol. The second-order valence-electron chi connectivity index (χ2n) is 2.10. The predicted molar refractivity (Wildman–Crippen MR) is 27.9 cm³/mol. The number of halogens is 2. The molecule has 9 heavy (non-hydrogen) atoms. The summed E-state index contributed by atoms with van der Waals surface area (Å²) in [4.78, 5) is 4.58. The van der Waals surface area contributed by atoms with Crippen LogP contribution >= 0.6 is 0 Å². The molecule has 0 N–H and O–H groups in total. The van der Waals surface area contributed by atoms with Crippen molar-refractivity contribution >= 4 is 0 Å². The van der Waals surface area contributed by atoms with Gasteiger partial charge < -0.3 is 0 Å². The summed E-state index contributed by atoms with van der Waals surface area (Å²) in [6, 6.07) is -2.75. The van der Waals surface area contributed by atoms with Gasteiger partial charge in [0.1, 0.15) is 0 Å². The lowest BCUT2D eigenvalue weighted by Gasteiger charge is -2.30. The van der Waals surface area contributed by atoms with Crippen LogP contribution in [0, 0.1) is 0 Å². The molecular weight excluding hydrogens is 128 g/mol. The first-order valence-electron chi connectivity index (χ1n) is 2.87. The van der Waals surface area contributed by atoms with Gasteiger partial charge in [-0.15, -0.1) is 5.06 Å². The zero-order valence-corrected chi connectivity index (χ0v) is 5.23. The highest BCUT2D eigenvalue weighted by Gasteiger charge is 2.37. The van der Waals surface area contributed by atoms with Crippen molar-refractivity contribution in [2.75, 3.05) is 13.7 Å². The minimum absolute atomic E-state index is 0.0938. The zero-order valence-electron chi connectivity index (χ0n) is 5.23. The molecule has 0 aromatic rings. The molecule has 1 aliphatic rings. The second kappa shape index (κ2) is 2.19. The van der Waals surface area contributed by atoms with Gasteiger partial charge in [0.15, 0.2) is 0 Å². The first-order valence-corrected chi connectivity index (χ1v) is 2.87. The highest BCUT2D eigenvalue weighted by Crippen LogP contribution is 2.27. The molecule has 2 nitrogen and oxygen atoms in total. The van der Waals surface area contributed by atoms with Crippen molar-refractivity contribution in [3.8, 4) is 0 Å². The molecule has 0 spiro atoms. The molecule has 0 saturated carbocycles. The Hall–Kier alpha value is -0.220. The van der Waals surface area contributed by atoms with E-state index < -0.39 is 6.05 Å². The maximum atomic E-state index is 12.4. The van der Waals surface area contributed by atoms with E-state index in [1.165, 1.54) is 7.05 Å². The van der Waals surface area contributed by atoms with Crippen LogP contribution in [-0.4, -0.2) is 24.8 Å². The maximum absolute atomic E-state index is 12.4. The van der Waals surface area contributed by atoms with E-state index >= 15 is 0 Å². The van der Waals surface area contributed by atoms with Crippen molar-refractivity contribution in [2.45, 2.75) is 18.9 Å². The molecule has 4 heteroatoms. The van der Waals surface area contributed by atoms with Gasteiger partial charge in [-0.3, -0.25) is 4.84 Å². The van der Waals surface area contributed by atoms with Crippen molar-refractivity contribution in [1.29, 1.82) is 0 Å². The van der Waals surface area contributed by atoms with Crippen LogP contribution in [0.15, 0.2) is 0 Å². The minimum Gasteiger partial charge on any atom is -0.294 e. The zero-order chi connectivity index (χ0) is 6.91. The molecule has 54 valence electrons. The number of hydrogen-bond acceptors (Lipinski definition) is 2. The number of nitrogens with zero attached hydrogens (tertiary/aromatic N) is 1. The van der Waals surface area contributed by atoms with Crippen LogP contribution in [-0.2, 0) is 4.84 Å². The number of rotatable bonds is 0. The Balaban J connectivity index is 2.49. The Morgan fingerprint density at radius 1 is 1.56 bits per heavy atom. The van der Waals surface area contributed by atoms with E-state index in [4.69, 9.17) is 0 Å². The quantitative estimate of drug-likeness (QED) is 0.466. The molecule has 1 heterocycles. The van der Waals surface area contributed by atoms with Crippen LogP contribution in [0.25, 0.3) is 0 Å². The van der Waals surface area contributed by atoms with E-state index in [1.807, 2.05) is 0 Å². The number of hydrogen-bond donors (Lipinski definition) is 0. The standard InChI is InChI=1S/C5H9F2NO/c1-8-5(6,7)3-2-4-9-8/h2-4H2,1H3. The number of alkyl halides is 2. The van der Waals surface area contributed by atoms with Crippen molar-refractivity contribution in [2.24, 2.45) is 0 Å². The number of hydroxylamine groups is 2. The van der Waals surface area contributed by atoms with Crippen molar-refractivity contribution in [3.63, 3.8) is 0 Å². The molecule has 0 atom stereocenters. The fraction of sp³-hybridized carbons (Fsp3) is 1.00. The highest BCUT2D eigenvalue weighted by atomic mass is 19.3. The van der Waals surface area contributed by atoms with Gasteiger partial charge in [0.05, 0.1) is 6.61 Å². The summed E-state index contributed by atoms with van der Waals surface area (Å²) in [7, 11) is 1.25. The first-order chi connectivity index (χ1) is 4.13. The van der Waals surface area contributed by atoms with E-state index in [0.29, 0.717) is 18.1 Å². The van der Waals surface area contributed by atoms with Crippen LogP contribution in [0.5, 0.6) is 0 Å². The molecule has 1 rings (SSSR count). The largest absolute Gasteiger partial charge is 0.325 e. The topological polar surface area (TPSA) is 12.5 Å². The molecular formula is C5H9F2NO. The third kappa shape index (κ3) is 1.37. The predicted octanol–water partition coefficient (Wildman–Crippen LogP) is 1.24. The average Bonchev–Trinajstić information content (AvgIpc) is 1.77. The molecule has 0 radical (unpaired) electrons. The van der Waals surface area contributed by atoms with Gasteiger partial charge in [0, 0.05) is 13.5 Å². The Bertz CT molecular complexity index is 107. The third-order valence-electron chi connectivity index (χ3n) is 1.37. The highest BCUT2D eigenvalue weighted by molar-refractivity contribution is 4.62. The Kier molecular flexibility index (Phi) is 1.68. The summed E-state index contributed by atoms with van der Waals surface area (Å²) in [6.07, 6.45) is 0.348. The van der Waals surface area contributed by atoms with E-state index in [2.05, 4.69) is 4.84 Å². The summed E-state index contributed by atoms with van der Waals surface area (Å²) < 4.78 is 24.8. The normalized spacial score (nSPS) is 28.3. The molecule has 0 aromatic heterocycles. The van der Waals surface area contributed by atoms with E-state index in [9.17, 15) is 8.78 Å². The van der Waals surface area contributed by atoms with Crippen LogP contribution in [0.1, 0.15) is 12.8 Å². The Labute approximate surface area is 52.4 Å². The van der Waals surface area contributed by atoms with Gasteiger partial charge in [-0.25, -0.2) is 0 Å². The van der Waals surface area contributed by atoms with Gasteiger partial charge in [-0.2, -0.15) is 8.78 Å². The monoisotopic (exact) mass is 137 g/mol. The van der Waals surface area contributed by atoms with Crippen LogP contribution < -0.4 is 0 Å². The van der Waals surface area contributed by atoms with Crippen LogP contribution in [0.2, 0.25) is 0 Å². The minimum atomic E-state index is -2.75. The SMILES string of the molecule is CN1OCCCC1(F)F. The lowest BCUT2D eigenvalue weighted by atomic mass is 10.2. The maximum Gasteiger partial charge on any atom is 0.325 e. The summed E-state index contributed by atoms with van der Waals surface area (Å²) >= 11 is 0. The van der Waals surface area contributed by atoms with Gasteiger partial charge in [-0.05, 0) is 6.42 Å². The fourth-order valence-electron chi connectivity index (χ4n) is 0.738. The summed E-state index contributed by atoms with van der Waals surface area (Å²) in [6.45, 7) is 0.409. The summed E-state index contributed by atoms with van der Waals surface area (Å²) in [5.74, 6) is 0. The summed E-state index contributed by atoms with van der Waals surface area (Å²) in [5, 5.41) is 0.622. The smallest absolute Gasteiger partial charge is 0.294 e. The van der Waals surface area contributed by atoms with E-state index in [1.54, 1.807) is 0 Å². The van der Waals surface area contributed by atoms with Gasteiger partial charge in [0.2, 0.25) is 0 Å². The molecule has 0 aromatic carbocycles. The van der Waals surface area contributed by atoms with Gasteiger partial charge >= 0.3 is 6.05 Å². The van der Waals surface area contributed by atoms with E-state index in [-0.39, 0.29) is 6.42 Å². The molecule has 1 aliphatic heterocycles. The van der Waals surface area contributed by atoms with Gasteiger partial charge in [0.25, 0.3) is 0 Å². The lowest BCUT2D eigenvalue weighted by molar-refractivity contribution is -0.327. The molecule has 1 saturated heterocycles. The first kappa shape index (κ1) is 6.89. The lowest BCUT2D eigenvalue weighted by Crippen LogP contribution is -2.42. The van der Waals surface area contributed by atoms with E-state index in [0.717, 1.165) is 0 Å². The molecule has 0 bridgehead atoms. The van der Waals surface area contributed by atoms with Crippen molar-refractivity contribution < 1.29 is 13.6 Å². The van der Waals surface area contributed by atoms with Crippen molar-refractivity contribution in [1.82, 2.24) is 5.06 Å². The Morgan fingerprint density at radius 2 is 2.22 bits per heavy atom. The molecule has 0 aliphatic carbocycles. The second-order valence-corrected chi connectivity index (χ2v) is 2.10. The third-order valence-corrected chi connectivity index (χ3v) is 1.37. The molecule has 1 fully saturated rings. The molecule has 0 unspecified atom stereocenters. The summed E-state index contributed by atoms with van der Waals surface area (Å²) in [5.41, 5.74) is 0. The van der Waals surface area contributed by atoms with Gasteiger partial charge in [-0.1, -0.05) is 0 Å². The van der Waals surface area contributed by atoms with Crippen molar-refractivity contribution in [3.05, 3.63) is 0 Å². The van der Waals surface area contributed by atoms with Crippen LogP contribution in [0.4, 0.5) is 8.78 Å². The van der Waals surface area contributed by atoms with Crippen LogP contribution in [0.3, 0.4) is 0 Å². The Morgan fingerprint density at radius 3 is 2.56 bits per heavy atom.